The van der Waals surface area contributed by atoms with Crippen LogP contribution in [0.1, 0.15) is 26.2 Å². The van der Waals surface area contributed by atoms with Crippen molar-refractivity contribution in [2.24, 2.45) is 16.9 Å². The van der Waals surface area contributed by atoms with Crippen molar-refractivity contribution in [2.45, 2.75) is 26.2 Å². The summed E-state index contributed by atoms with van der Waals surface area (Å²) in [5.74, 6) is 1.30. The molecule has 66 valence electrons. The topological polar surface area (TPSA) is 15.6 Å². The molecule has 12 heavy (non-hydrogen) atoms. The molecule has 2 heteroatoms. The van der Waals surface area contributed by atoms with E-state index in [4.69, 9.17) is 0 Å². The molecular weight excluding hydrogens is 148 g/mol. The third-order valence-electron chi connectivity index (χ3n) is 3.07. The Labute approximate surface area is 73.9 Å². The van der Waals surface area contributed by atoms with E-state index in [1.54, 1.807) is 0 Å². The van der Waals surface area contributed by atoms with Gasteiger partial charge in [-0.05, 0) is 25.2 Å². The Morgan fingerprint density at radius 3 is 3.00 bits per heavy atom. The van der Waals surface area contributed by atoms with E-state index in [2.05, 4.69) is 18.6 Å². The summed E-state index contributed by atoms with van der Waals surface area (Å²) >= 11 is 0. The van der Waals surface area contributed by atoms with Crippen LogP contribution in [0.4, 0.5) is 0 Å². The lowest BCUT2D eigenvalue weighted by molar-refractivity contribution is 0.375. The number of hydrazone groups is 1. The molecular formula is C10H16N2. The van der Waals surface area contributed by atoms with Gasteiger partial charge in [0.15, 0.2) is 0 Å². The number of allylic oxidation sites excluding steroid dienone is 1. The van der Waals surface area contributed by atoms with Crippen LogP contribution in [0.5, 0.6) is 0 Å². The van der Waals surface area contributed by atoms with Gasteiger partial charge in [0.2, 0.25) is 0 Å². The molecule has 0 spiro atoms. The number of hydrogen-bond acceptors (Lipinski definition) is 2. The maximum atomic E-state index is 4.49. The van der Waals surface area contributed by atoms with Gasteiger partial charge in [0.1, 0.15) is 0 Å². The Hall–Kier alpha value is -0.790. The predicted molar refractivity (Wildman–Crippen MR) is 50.8 cm³/mol. The van der Waals surface area contributed by atoms with Crippen molar-refractivity contribution in [3.63, 3.8) is 0 Å². The maximum Gasteiger partial charge on any atom is 0.0477 e. The van der Waals surface area contributed by atoms with E-state index >= 15 is 0 Å². The number of nitrogens with zero attached hydrogens (tertiary/aromatic N) is 2. The van der Waals surface area contributed by atoms with Gasteiger partial charge in [-0.1, -0.05) is 13.5 Å². The lowest BCUT2D eigenvalue weighted by Gasteiger charge is -2.26. The van der Waals surface area contributed by atoms with Crippen molar-refractivity contribution < 1.29 is 0 Å². The zero-order chi connectivity index (χ0) is 8.72. The van der Waals surface area contributed by atoms with Gasteiger partial charge in [0.25, 0.3) is 0 Å². The molecule has 1 aliphatic heterocycles. The van der Waals surface area contributed by atoms with E-state index in [0.717, 1.165) is 5.92 Å². The summed E-state index contributed by atoms with van der Waals surface area (Å²) in [4.78, 5) is 0. The monoisotopic (exact) mass is 164 g/mol. The van der Waals surface area contributed by atoms with Crippen LogP contribution in [0, 0.1) is 11.8 Å². The van der Waals surface area contributed by atoms with Crippen LogP contribution in [-0.2, 0) is 0 Å². The fourth-order valence-corrected chi connectivity index (χ4v) is 2.35. The first kappa shape index (κ1) is 7.84. The van der Waals surface area contributed by atoms with Gasteiger partial charge in [-0.2, -0.15) is 5.10 Å². The first-order valence-corrected chi connectivity index (χ1v) is 4.70. The molecule has 2 aliphatic rings. The minimum Gasteiger partial charge on any atom is -0.273 e. The molecule has 0 aromatic rings. The molecule has 1 heterocycles. The highest BCUT2D eigenvalue weighted by Gasteiger charge is 2.35. The number of hydrogen-bond donors (Lipinski definition) is 0. The first-order chi connectivity index (χ1) is 5.70. The predicted octanol–water partition coefficient (Wildman–Crippen LogP) is 2.24. The molecule has 2 nitrogen and oxygen atoms in total. The smallest absolute Gasteiger partial charge is 0.0477 e. The molecule has 0 aromatic heterocycles. The third-order valence-corrected chi connectivity index (χ3v) is 3.07. The number of rotatable bonds is 0. The Kier molecular flexibility index (Phi) is 1.71. The van der Waals surface area contributed by atoms with Crippen LogP contribution in [0.25, 0.3) is 0 Å². The molecule has 0 aromatic carbocycles. The molecule has 2 rings (SSSR count). The molecule has 0 saturated heterocycles. The molecule has 0 radical (unpaired) electrons. The third kappa shape index (κ3) is 0.977. The highest BCUT2D eigenvalue weighted by molar-refractivity contribution is 5.91. The van der Waals surface area contributed by atoms with Gasteiger partial charge in [-0.15, -0.1) is 0 Å². The Bertz CT molecular complexity index is 242. The second-order valence-electron chi connectivity index (χ2n) is 3.95. The van der Waals surface area contributed by atoms with E-state index in [0.29, 0.717) is 5.92 Å². The Balaban J connectivity index is 2.27. The van der Waals surface area contributed by atoms with Crippen molar-refractivity contribution in [3.8, 4) is 0 Å². The van der Waals surface area contributed by atoms with Crippen molar-refractivity contribution in [1.82, 2.24) is 5.01 Å². The van der Waals surface area contributed by atoms with Gasteiger partial charge < -0.3 is 0 Å². The van der Waals surface area contributed by atoms with Crippen LogP contribution in [0.2, 0.25) is 0 Å². The molecule has 1 fully saturated rings. The molecule has 0 bridgehead atoms. The van der Waals surface area contributed by atoms with Crippen LogP contribution in [0.15, 0.2) is 17.4 Å². The zero-order valence-corrected chi connectivity index (χ0v) is 7.88. The van der Waals surface area contributed by atoms with E-state index in [1.807, 2.05) is 12.1 Å². The standard InChI is InChI=1S/C10H16N2/c1-7-5-4-6-9-10(7)8(2)12(3)11-9/h7,10H,2,4-6H2,1,3H3. The quantitative estimate of drug-likeness (QED) is 0.536. The molecule has 0 amide bonds. The minimum atomic E-state index is 0.559. The van der Waals surface area contributed by atoms with Crippen LogP contribution >= 0.6 is 0 Å². The summed E-state index contributed by atoms with van der Waals surface area (Å²) in [7, 11) is 2.00. The average Bonchev–Trinajstić information content (AvgIpc) is 2.29. The van der Waals surface area contributed by atoms with Crippen molar-refractivity contribution in [2.75, 3.05) is 7.05 Å². The summed E-state index contributed by atoms with van der Waals surface area (Å²) in [5.41, 5.74) is 2.55. The van der Waals surface area contributed by atoms with Crippen LogP contribution in [0.3, 0.4) is 0 Å². The summed E-state index contributed by atoms with van der Waals surface area (Å²) in [6, 6.07) is 0. The van der Waals surface area contributed by atoms with E-state index in [1.165, 1.54) is 30.7 Å². The largest absolute Gasteiger partial charge is 0.273 e. The fraction of sp³-hybridized carbons (Fsp3) is 0.700. The van der Waals surface area contributed by atoms with Gasteiger partial charge in [-0.25, -0.2) is 0 Å². The summed E-state index contributed by atoms with van der Waals surface area (Å²) in [6.07, 6.45) is 3.81. The molecule has 0 N–H and O–H groups in total. The SMILES string of the molecule is C=C1C2C(=NN1C)CCCC2C. The Morgan fingerprint density at radius 1 is 1.58 bits per heavy atom. The fourth-order valence-electron chi connectivity index (χ4n) is 2.35. The minimum absolute atomic E-state index is 0.559. The second-order valence-corrected chi connectivity index (χ2v) is 3.95. The van der Waals surface area contributed by atoms with Crippen molar-refractivity contribution >= 4 is 5.71 Å². The van der Waals surface area contributed by atoms with E-state index in [-0.39, 0.29) is 0 Å². The zero-order valence-electron chi connectivity index (χ0n) is 7.88. The molecule has 1 aliphatic carbocycles. The second kappa shape index (κ2) is 2.61. The molecule has 2 atom stereocenters. The van der Waals surface area contributed by atoms with Gasteiger partial charge in [0.05, 0.1) is 0 Å². The van der Waals surface area contributed by atoms with Crippen LogP contribution in [-0.4, -0.2) is 17.8 Å². The van der Waals surface area contributed by atoms with Crippen LogP contribution < -0.4 is 0 Å². The van der Waals surface area contributed by atoms with Gasteiger partial charge in [-0.3, -0.25) is 5.01 Å². The highest BCUT2D eigenvalue weighted by Crippen LogP contribution is 2.37. The summed E-state index contributed by atoms with van der Waals surface area (Å²) in [5, 5.41) is 6.44. The molecule has 2 unspecified atom stereocenters. The summed E-state index contributed by atoms with van der Waals surface area (Å²) in [6.45, 7) is 6.39. The van der Waals surface area contributed by atoms with Gasteiger partial charge >= 0.3 is 0 Å². The van der Waals surface area contributed by atoms with Gasteiger partial charge in [0, 0.05) is 24.4 Å². The summed E-state index contributed by atoms with van der Waals surface area (Å²) < 4.78 is 0. The highest BCUT2D eigenvalue weighted by atomic mass is 15.5. The number of fused-ring (bicyclic) bond motifs is 1. The normalized spacial score (nSPS) is 35.0. The van der Waals surface area contributed by atoms with E-state index < -0.39 is 0 Å². The lowest BCUT2D eigenvalue weighted by atomic mass is 9.78. The maximum absolute atomic E-state index is 4.49. The molecule has 1 saturated carbocycles. The van der Waals surface area contributed by atoms with Crippen molar-refractivity contribution in [3.05, 3.63) is 12.3 Å². The first-order valence-electron chi connectivity index (χ1n) is 4.70. The Morgan fingerprint density at radius 2 is 2.33 bits per heavy atom. The average molecular weight is 164 g/mol. The van der Waals surface area contributed by atoms with E-state index in [9.17, 15) is 0 Å². The van der Waals surface area contributed by atoms with Crippen molar-refractivity contribution in [1.29, 1.82) is 0 Å². The lowest BCUT2D eigenvalue weighted by Crippen LogP contribution is -2.25.